The molecule has 1 fully saturated rings. The molecule has 2 rings (SSSR count). The van der Waals surface area contributed by atoms with Crippen molar-refractivity contribution >= 4 is 5.91 Å². The summed E-state index contributed by atoms with van der Waals surface area (Å²) in [5.74, 6) is -0.116. The predicted octanol–water partition coefficient (Wildman–Crippen LogP) is 1.42. The van der Waals surface area contributed by atoms with E-state index in [1.54, 1.807) is 6.07 Å². The highest BCUT2D eigenvalue weighted by Crippen LogP contribution is 2.18. The highest BCUT2D eigenvalue weighted by Gasteiger charge is 2.21. The molecule has 0 spiro atoms. The van der Waals surface area contributed by atoms with Crippen LogP contribution in [-0.4, -0.2) is 28.1 Å². The number of hydrogen-bond donors (Lipinski definition) is 2. The number of carbonyl (C=O) groups excluding carboxylic acids is 1. The molecule has 1 aromatic rings. The van der Waals surface area contributed by atoms with Crippen LogP contribution in [0.5, 0.6) is 0 Å². The molecule has 0 radical (unpaired) electrons. The lowest BCUT2D eigenvalue weighted by Crippen LogP contribution is -2.38. The number of amides is 1. The molecule has 0 bridgehead atoms. The maximum atomic E-state index is 11.9. The Kier molecular flexibility index (Phi) is 3.74. The molecule has 4 heteroatoms. The third-order valence-electron chi connectivity index (χ3n) is 3.15. The number of aliphatic hydroxyl groups excluding tert-OH is 1. The molecule has 17 heavy (non-hydrogen) atoms. The molecule has 0 saturated heterocycles. The van der Waals surface area contributed by atoms with Crippen molar-refractivity contribution < 1.29 is 9.90 Å². The summed E-state index contributed by atoms with van der Waals surface area (Å²) in [6.45, 7) is 1.87. The maximum absolute atomic E-state index is 11.9. The average molecular weight is 234 g/mol. The summed E-state index contributed by atoms with van der Waals surface area (Å²) in [6.07, 6.45) is 3.04. The molecule has 1 aliphatic rings. The van der Waals surface area contributed by atoms with Crippen molar-refractivity contribution in [3.05, 3.63) is 29.6 Å². The van der Waals surface area contributed by atoms with Crippen molar-refractivity contribution in [2.24, 2.45) is 0 Å². The summed E-state index contributed by atoms with van der Waals surface area (Å²) < 4.78 is 0. The Morgan fingerprint density at radius 3 is 2.71 bits per heavy atom. The number of rotatable bonds is 2. The standard InChI is InChI=1S/C13H18N2O2/c1-9-3-2-4-12(14-9)13(17)15-10-5-7-11(16)8-6-10/h2-4,10-11,16H,5-8H2,1H3,(H,15,17). The molecular weight excluding hydrogens is 216 g/mol. The van der Waals surface area contributed by atoms with E-state index in [-0.39, 0.29) is 18.1 Å². The molecule has 1 amide bonds. The van der Waals surface area contributed by atoms with Crippen LogP contribution < -0.4 is 5.32 Å². The van der Waals surface area contributed by atoms with E-state index in [4.69, 9.17) is 0 Å². The van der Waals surface area contributed by atoms with Crippen molar-refractivity contribution in [3.8, 4) is 0 Å². The minimum Gasteiger partial charge on any atom is -0.393 e. The lowest BCUT2D eigenvalue weighted by molar-refractivity contribution is 0.0863. The van der Waals surface area contributed by atoms with Gasteiger partial charge in [-0.15, -0.1) is 0 Å². The molecule has 1 aromatic heterocycles. The van der Waals surface area contributed by atoms with E-state index in [0.717, 1.165) is 31.4 Å². The summed E-state index contributed by atoms with van der Waals surface area (Å²) >= 11 is 0. The molecule has 0 aliphatic heterocycles. The van der Waals surface area contributed by atoms with Crippen molar-refractivity contribution in [2.45, 2.75) is 44.8 Å². The number of aromatic nitrogens is 1. The van der Waals surface area contributed by atoms with Gasteiger partial charge < -0.3 is 10.4 Å². The molecule has 4 nitrogen and oxygen atoms in total. The lowest BCUT2D eigenvalue weighted by Gasteiger charge is -2.26. The number of aliphatic hydroxyl groups is 1. The monoisotopic (exact) mass is 234 g/mol. The maximum Gasteiger partial charge on any atom is 0.270 e. The number of hydrogen-bond acceptors (Lipinski definition) is 3. The van der Waals surface area contributed by atoms with Crippen LogP contribution in [0.15, 0.2) is 18.2 Å². The van der Waals surface area contributed by atoms with Gasteiger partial charge in [-0.2, -0.15) is 0 Å². The zero-order valence-corrected chi connectivity index (χ0v) is 10.0. The fourth-order valence-corrected chi connectivity index (χ4v) is 2.15. The van der Waals surface area contributed by atoms with E-state index in [1.807, 2.05) is 19.1 Å². The number of aryl methyl sites for hydroxylation is 1. The highest BCUT2D eigenvalue weighted by atomic mass is 16.3. The van der Waals surface area contributed by atoms with E-state index in [2.05, 4.69) is 10.3 Å². The second-order valence-electron chi connectivity index (χ2n) is 4.64. The molecule has 0 aromatic carbocycles. The SMILES string of the molecule is Cc1cccc(C(=O)NC2CCC(O)CC2)n1. The Balaban J connectivity index is 1.93. The van der Waals surface area contributed by atoms with Crippen molar-refractivity contribution in [3.63, 3.8) is 0 Å². The topological polar surface area (TPSA) is 62.2 Å². The van der Waals surface area contributed by atoms with Crippen molar-refractivity contribution in [2.75, 3.05) is 0 Å². The summed E-state index contributed by atoms with van der Waals surface area (Å²) in [6, 6.07) is 5.60. The van der Waals surface area contributed by atoms with Crippen LogP contribution >= 0.6 is 0 Å². The molecule has 1 aliphatic carbocycles. The van der Waals surface area contributed by atoms with Crippen molar-refractivity contribution in [1.29, 1.82) is 0 Å². The Morgan fingerprint density at radius 2 is 2.06 bits per heavy atom. The van der Waals surface area contributed by atoms with Crippen LogP contribution in [0.3, 0.4) is 0 Å². The van der Waals surface area contributed by atoms with Crippen LogP contribution in [-0.2, 0) is 0 Å². The van der Waals surface area contributed by atoms with Gasteiger partial charge in [0.25, 0.3) is 5.91 Å². The number of nitrogens with one attached hydrogen (secondary N) is 1. The van der Waals surface area contributed by atoms with Crippen LogP contribution in [0.25, 0.3) is 0 Å². The molecule has 1 heterocycles. The first-order chi connectivity index (χ1) is 8.15. The third-order valence-corrected chi connectivity index (χ3v) is 3.15. The number of pyridine rings is 1. The summed E-state index contributed by atoms with van der Waals surface area (Å²) in [5.41, 5.74) is 1.31. The molecule has 0 atom stereocenters. The first-order valence-electron chi connectivity index (χ1n) is 6.08. The van der Waals surface area contributed by atoms with Gasteiger partial charge in [0.05, 0.1) is 6.10 Å². The van der Waals surface area contributed by atoms with Gasteiger partial charge in [0.1, 0.15) is 5.69 Å². The molecule has 2 N–H and O–H groups in total. The van der Waals surface area contributed by atoms with Gasteiger partial charge in [-0.3, -0.25) is 4.79 Å². The fourth-order valence-electron chi connectivity index (χ4n) is 2.15. The Morgan fingerprint density at radius 1 is 1.35 bits per heavy atom. The summed E-state index contributed by atoms with van der Waals surface area (Å²) in [4.78, 5) is 16.1. The van der Waals surface area contributed by atoms with Gasteiger partial charge in [-0.25, -0.2) is 4.98 Å². The van der Waals surface area contributed by atoms with Gasteiger partial charge in [-0.1, -0.05) is 6.07 Å². The largest absolute Gasteiger partial charge is 0.393 e. The number of nitrogens with zero attached hydrogens (tertiary/aromatic N) is 1. The van der Waals surface area contributed by atoms with Crippen LogP contribution in [0.2, 0.25) is 0 Å². The normalized spacial score (nSPS) is 24.4. The second-order valence-corrected chi connectivity index (χ2v) is 4.64. The quantitative estimate of drug-likeness (QED) is 0.813. The molecule has 1 saturated carbocycles. The zero-order valence-electron chi connectivity index (χ0n) is 10.0. The summed E-state index contributed by atoms with van der Waals surface area (Å²) in [5, 5.41) is 12.4. The lowest BCUT2D eigenvalue weighted by atomic mass is 9.93. The van der Waals surface area contributed by atoms with Crippen molar-refractivity contribution in [1.82, 2.24) is 10.3 Å². The van der Waals surface area contributed by atoms with Crippen LogP contribution in [0, 0.1) is 6.92 Å². The summed E-state index contributed by atoms with van der Waals surface area (Å²) in [7, 11) is 0. The van der Waals surface area contributed by atoms with E-state index in [1.165, 1.54) is 0 Å². The van der Waals surface area contributed by atoms with E-state index in [9.17, 15) is 9.90 Å². The smallest absolute Gasteiger partial charge is 0.270 e. The third kappa shape index (κ3) is 3.27. The van der Waals surface area contributed by atoms with E-state index >= 15 is 0 Å². The molecule has 0 unspecified atom stereocenters. The average Bonchev–Trinajstić information content (AvgIpc) is 2.32. The van der Waals surface area contributed by atoms with E-state index < -0.39 is 0 Å². The molecular formula is C13H18N2O2. The van der Waals surface area contributed by atoms with Crippen LogP contribution in [0.4, 0.5) is 0 Å². The highest BCUT2D eigenvalue weighted by molar-refractivity contribution is 5.92. The van der Waals surface area contributed by atoms with E-state index in [0.29, 0.717) is 5.69 Å². The molecule has 92 valence electrons. The first kappa shape index (κ1) is 12.0. The van der Waals surface area contributed by atoms with Gasteiger partial charge >= 0.3 is 0 Å². The number of carbonyl (C=O) groups is 1. The first-order valence-corrected chi connectivity index (χ1v) is 6.08. The predicted molar refractivity (Wildman–Crippen MR) is 64.7 cm³/mol. The fraction of sp³-hybridized carbons (Fsp3) is 0.538. The minimum absolute atomic E-state index is 0.116. The van der Waals surface area contributed by atoms with Gasteiger partial charge in [0.15, 0.2) is 0 Å². The second kappa shape index (κ2) is 5.27. The van der Waals surface area contributed by atoms with Gasteiger partial charge in [-0.05, 0) is 44.7 Å². The minimum atomic E-state index is -0.194. The Bertz CT molecular complexity index is 398. The zero-order chi connectivity index (χ0) is 12.3. The Hall–Kier alpha value is -1.42. The van der Waals surface area contributed by atoms with Crippen LogP contribution in [0.1, 0.15) is 41.9 Å². The Labute approximate surface area is 101 Å². The van der Waals surface area contributed by atoms with Gasteiger partial charge in [0, 0.05) is 11.7 Å². The van der Waals surface area contributed by atoms with Gasteiger partial charge in [0.2, 0.25) is 0 Å².